The highest BCUT2D eigenvalue weighted by Crippen LogP contribution is 2.26. The van der Waals surface area contributed by atoms with E-state index in [0.717, 1.165) is 26.1 Å². The second-order valence-corrected chi connectivity index (χ2v) is 10.1. The van der Waals surface area contributed by atoms with Gasteiger partial charge in [-0.1, -0.05) is 25.4 Å². The lowest BCUT2D eigenvalue weighted by Gasteiger charge is -2.37. The fourth-order valence-electron chi connectivity index (χ4n) is 4.20. The summed E-state index contributed by atoms with van der Waals surface area (Å²) in [6.45, 7) is 9.10. The van der Waals surface area contributed by atoms with Gasteiger partial charge in [0.25, 0.3) is 5.91 Å². The number of hydrogen-bond acceptors (Lipinski definition) is 6. The van der Waals surface area contributed by atoms with Crippen LogP contribution in [0.3, 0.4) is 0 Å². The van der Waals surface area contributed by atoms with Crippen LogP contribution in [0, 0.1) is 5.92 Å². The Kier molecular flexibility index (Phi) is 8.72. The molecule has 2 fully saturated rings. The summed E-state index contributed by atoms with van der Waals surface area (Å²) >= 11 is 6.19. The Balaban J connectivity index is 1.74. The summed E-state index contributed by atoms with van der Waals surface area (Å²) in [6.07, 6.45) is 0.963. The summed E-state index contributed by atoms with van der Waals surface area (Å²) < 4.78 is 38.2. The zero-order valence-corrected chi connectivity index (χ0v) is 19.8. The van der Waals surface area contributed by atoms with Crippen LogP contribution in [0.2, 0.25) is 5.02 Å². The van der Waals surface area contributed by atoms with Crippen LogP contribution >= 0.6 is 11.6 Å². The molecule has 0 saturated carbocycles. The van der Waals surface area contributed by atoms with Gasteiger partial charge in [-0.15, -0.1) is 0 Å². The fraction of sp³-hybridized carbons (Fsp3) is 0.667. The Hall–Kier alpha value is -1.23. The Morgan fingerprint density at radius 1 is 1.23 bits per heavy atom. The van der Waals surface area contributed by atoms with Gasteiger partial charge >= 0.3 is 0 Å². The van der Waals surface area contributed by atoms with Crippen molar-refractivity contribution in [2.24, 2.45) is 5.92 Å². The Morgan fingerprint density at radius 2 is 1.94 bits per heavy atom. The Bertz CT molecular complexity index is 851. The third-order valence-corrected chi connectivity index (χ3v) is 8.54. The van der Waals surface area contributed by atoms with Crippen molar-refractivity contribution in [3.8, 4) is 0 Å². The van der Waals surface area contributed by atoms with E-state index in [9.17, 15) is 13.2 Å². The summed E-state index contributed by atoms with van der Waals surface area (Å²) in [5.41, 5.74) is 0.276. The minimum Gasteiger partial charge on any atom is -0.381 e. The van der Waals surface area contributed by atoms with E-state index in [1.807, 2.05) is 0 Å². The molecule has 2 aliphatic heterocycles. The van der Waals surface area contributed by atoms with E-state index in [4.69, 9.17) is 21.1 Å². The van der Waals surface area contributed by atoms with Gasteiger partial charge in [0.1, 0.15) is 4.90 Å². The normalized spacial score (nSPS) is 21.4. The first-order valence-electron chi connectivity index (χ1n) is 10.9. The van der Waals surface area contributed by atoms with Gasteiger partial charge in [0.05, 0.1) is 24.8 Å². The molecule has 0 aliphatic carbocycles. The lowest BCUT2D eigenvalue weighted by Crippen LogP contribution is -2.52. The van der Waals surface area contributed by atoms with Crippen molar-refractivity contribution < 1.29 is 22.7 Å². The molecule has 2 heterocycles. The molecule has 0 bridgehead atoms. The van der Waals surface area contributed by atoms with Gasteiger partial charge in [0.15, 0.2) is 0 Å². The van der Waals surface area contributed by atoms with E-state index in [2.05, 4.69) is 10.2 Å². The summed E-state index contributed by atoms with van der Waals surface area (Å²) in [7, 11) is -3.77. The molecule has 0 aromatic heterocycles. The van der Waals surface area contributed by atoms with Crippen LogP contribution < -0.4 is 5.32 Å². The van der Waals surface area contributed by atoms with E-state index in [-0.39, 0.29) is 27.4 Å². The van der Waals surface area contributed by atoms with Gasteiger partial charge in [-0.3, -0.25) is 9.69 Å². The van der Waals surface area contributed by atoms with Gasteiger partial charge in [-0.2, -0.15) is 4.31 Å². The van der Waals surface area contributed by atoms with Crippen LogP contribution in [0.25, 0.3) is 0 Å². The number of sulfonamides is 1. The molecule has 8 nitrogen and oxygen atoms in total. The molecule has 1 N–H and O–H groups in total. The predicted octanol–water partition coefficient (Wildman–Crippen LogP) is 1.84. The number of nitrogens with zero attached hydrogens (tertiary/aromatic N) is 2. The standard InChI is InChI=1S/C21H32ClN3O5S/c1-3-25(4-2)31(27,28)20-13-16(5-6-18(20)22)21(26)23-14-19(17-7-10-30-15-17)24-8-11-29-12-9-24/h5-6,13,17,19H,3-4,7-12,14-15H2,1-2H3,(H,23,26). The highest BCUT2D eigenvalue weighted by Gasteiger charge is 2.32. The molecule has 1 aromatic rings. The lowest BCUT2D eigenvalue weighted by molar-refractivity contribution is 0.00166. The van der Waals surface area contributed by atoms with Gasteiger partial charge in [-0.05, 0) is 24.6 Å². The SMILES string of the molecule is CCN(CC)S(=O)(=O)c1cc(C(=O)NCC(C2CCOC2)N2CCOCC2)ccc1Cl. The first-order chi connectivity index (χ1) is 14.9. The first kappa shape index (κ1) is 24.4. The number of nitrogens with one attached hydrogen (secondary N) is 1. The van der Waals surface area contributed by atoms with Crippen LogP contribution in [-0.4, -0.2) is 88.7 Å². The second-order valence-electron chi connectivity index (χ2n) is 7.78. The average Bonchev–Trinajstić information content (AvgIpc) is 3.30. The molecule has 0 radical (unpaired) electrons. The Morgan fingerprint density at radius 3 is 2.55 bits per heavy atom. The minimum absolute atomic E-state index is 0.0422. The van der Waals surface area contributed by atoms with Crippen molar-refractivity contribution >= 4 is 27.5 Å². The van der Waals surface area contributed by atoms with Crippen LogP contribution in [0.4, 0.5) is 0 Å². The van der Waals surface area contributed by atoms with Gasteiger partial charge in [0.2, 0.25) is 10.0 Å². The number of halogens is 1. The molecule has 174 valence electrons. The van der Waals surface area contributed by atoms with Gasteiger partial charge in [-0.25, -0.2) is 8.42 Å². The van der Waals surface area contributed by atoms with Crippen molar-refractivity contribution in [1.29, 1.82) is 0 Å². The van der Waals surface area contributed by atoms with Gasteiger partial charge in [0, 0.05) is 56.9 Å². The number of ether oxygens (including phenoxy) is 2. The highest BCUT2D eigenvalue weighted by molar-refractivity contribution is 7.89. The number of carbonyl (C=O) groups excluding carboxylic acids is 1. The fourth-order valence-corrected chi connectivity index (χ4v) is 6.16. The van der Waals surface area contributed by atoms with Crippen molar-refractivity contribution in [2.75, 3.05) is 59.2 Å². The summed E-state index contributed by atoms with van der Waals surface area (Å²) in [4.78, 5) is 15.2. The lowest BCUT2D eigenvalue weighted by atomic mass is 9.96. The maximum Gasteiger partial charge on any atom is 0.251 e. The quantitative estimate of drug-likeness (QED) is 0.588. The average molecular weight is 474 g/mol. The van der Waals surface area contributed by atoms with E-state index < -0.39 is 10.0 Å². The van der Waals surface area contributed by atoms with E-state index in [1.165, 1.54) is 16.4 Å². The second kappa shape index (κ2) is 11.1. The molecule has 2 unspecified atom stereocenters. The van der Waals surface area contributed by atoms with Crippen LogP contribution in [0.5, 0.6) is 0 Å². The molecular formula is C21H32ClN3O5S. The van der Waals surface area contributed by atoms with Crippen molar-refractivity contribution in [1.82, 2.24) is 14.5 Å². The summed E-state index contributed by atoms with van der Waals surface area (Å²) in [6, 6.07) is 4.55. The molecule has 2 atom stereocenters. The molecule has 31 heavy (non-hydrogen) atoms. The van der Waals surface area contributed by atoms with E-state index >= 15 is 0 Å². The third-order valence-electron chi connectivity index (χ3n) is 6.01. The van der Waals surface area contributed by atoms with E-state index in [0.29, 0.717) is 45.4 Å². The zero-order valence-electron chi connectivity index (χ0n) is 18.2. The number of amides is 1. The molecular weight excluding hydrogens is 442 g/mol. The van der Waals surface area contributed by atoms with Crippen LogP contribution in [0.1, 0.15) is 30.6 Å². The predicted molar refractivity (Wildman–Crippen MR) is 119 cm³/mol. The van der Waals surface area contributed by atoms with Crippen LogP contribution in [-0.2, 0) is 19.5 Å². The molecule has 3 rings (SSSR count). The molecule has 1 aromatic carbocycles. The maximum absolute atomic E-state index is 12.9. The third kappa shape index (κ3) is 5.77. The number of morpholine rings is 1. The summed E-state index contributed by atoms with van der Waals surface area (Å²) in [5, 5.41) is 3.11. The molecule has 2 aliphatic rings. The number of hydrogen-bond donors (Lipinski definition) is 1. The zero-order chi connectivity index (χ0) is 22.4. The Labute approximate surface area is 189 Å². The van der Waals surface area contributed by atoms with Crippen molar-refractivity contribution in [3.63, 3.8) is 0 Å². The minimum atomic E-state index is -3.77. The van der Waals surface area contributed by atoms with E-state index in [1.54, 1.807) is 19.9 Å². The number of rotatable bonds is 9. The molecule has 2 saturated heterocycles. The first-order valence-corrected chi connectivity index (χ1v) is 12.7. The molecule has 10 heteroatoms. The number of benzene rings is 1. The monoisotopic (exact) mass is 473 g/mol. The highest BCUT2D eigenvalue weighted by atomic mass is 35.5. The van der Waals surface area contributed by atoms with Crippen LogP contribution in [0.15, 0.2) is 23.1 Å². The van der Waals surface area contributed by atoms with Crippen molar-refractivity contribution in [2.45, 2.75) is 31.2 Å². The smallest absolute Gasteiger partial charge is 0.251 e. The van der Waals surface area contributed by atoms with Gasteiger partial charge < -0.3 is 14.8 Å². The van der Waals surface area contributed by atoms with Crippen molar-refractivity contribution in [3.05, 3.63) is 28.8 Å². The number of carbonyl (C=O) groups is 1. The maximum atomic E-state index is 12.9. The summed E-state index contributed by atoms with van der Waals surface area (Å²) in [5.74, 6) is 0.0343. The largest absolute Gasteiger partial charge is 0.381 e. The molecule has 1 amide bonds. The topological polar surface area (TPSA) is 88.2 Å². The molecule has 0 spiro atoms.